The number of rotatable bonds is 4. The van der Waals surface area contributed by atoms with Crippen molar-refractivity contribution in [2.75, 3.05) is 11.9 Å². The number of nitro groups is 1. The monoisotopic (exact) mass is 266 g/mol. The lowest BCUT2D eigenvalue weighted by molar-refractivity contribution is -0.388. The molecule has 0 aliphatic heterocycles. The minimum absolute atomic E-state index is 0.103. The van der Waals surface area contributed by atoms with Gasteiger partial charge in [-0.3, -0.25) is 4.57 Å². The van der Waals surface area contributed by atoms with Crippen molar-refractivity contribution in [2.24, 2.45) is 7.05 Å². The Kier molecular flexibility index (Phi) is 3.33. The average Bonchev–Trinajstić information content (AvgIpc) is 2.86. The average molecular weight is 266 g/mol. The van der Waals surface area contributed by atoms with E-state index in [4.69, 9.17) is 0 Å². The number of imidazole rings is 1. The second-order valence-electron chi connectivity index (χ2n) is 4.14. The van der Waals surface area contributed by atoms with Gasteiger partial charge in [0.15, 0.2) is 0 Å². The van der Waals surface area contributed by atoms with E-state index in [1.54, 1.807) is 23.0 Å². The maximum Gasteiger partial charge on any atom is 0.406 e. The number of aromatic nitrogens is 2. The van der Waals surface area contributed by atoms with Crippen molar-refractivity contribution >= 4 is 23.0 Å². The van der Waals surface area contributed by atoms with Gasteiger partial charge in [0.25, 0.3) is 0 Å². The van der Waals surface area contributed by atoms with Gasteiger partial charge in [-0.2, -0.15) is 0 Å². The lowest BCUT2D eigenvalue weighted by atomic mass is 10.3. The molecule has 0 aromatic carbocycles. The predicted molar refractivity (Wildman–Crippen MR) is 71.0 cm³/mol. The van der Waals surface area contributed by atoms with Crippen LogP contribution in [0.25, 0.3) is 0 Å². The van der Waals surface area contributed by atoms with Crippen LogP contribution in [0.15, 0.2) is 17.8 Å². The summed E-state index contributed by atoms with van der Waals surface area (Å²) in [4.78, 5) is 17.3. The van der Waals surface area contributed by atoms with Crippen molar-refractivity contribution in [2.45, 2.75) is 13.5 Å². The molecule has 6 nitrogen and oxygen atoms in total. The smallest absolute Gasteiger partial charge is 0.358 e. The van der Waals surface area contributed by atoms with Crippen LogP contribution < -0.4 is 4.90 Å². The van der Waals surface area contributed by atoms with Crippen LogP contribution in [0.4, 0.5) is 11.6 Å². The largest absolute Gasteiger partial charge is 0.406 e. The van der Waals surface area contributed by atoms with Crippen molar-refractivity contribution in [3.8, 4) is 0 Å². The molecule has 0 radical (unpaired) electrons. The molecule has 0 atom stereocenters. The first kappa shape index (κ1) is 12.6. The van der Waals surface area contributed by atoms with Gasteiger partial charge in [-0.25, -0.2) is 0 Å². The van der Waals surface area contributed by atoms with Gasteiger partial charge in [-0.1, -0.05) is 0 Å². The molecule has 2 heterocycles. The van der Waals surface area contributed by atoms with Gasteiger partial charge < -0.3 is 15.0 Å². The summed E-state index contributed by atoms with van der Waals surface area (Å²) in [5, 5.41) is 12.9. The number of thiophene rings is 1. The summed E-state index contributed by atoms with van der Waals surface area (Å²) in [5.41, 5.74) is 1.21. The van der Waals surface area contributed by atoms with Crippen LogP contribution in [0, 0.1) is 17.0 Å². The first-order chi connectivity index (χ1) is 8.50. The molecule has 0 amide bonds. The summed E-state index contributed by atoms with van der Waals surface area (Å²) in [5.74, 6) is 0.419. The van der Waals surface area contributed by atoms with E-state index in [0.717, 1.165) is 0 Å². The van der Waals surface area contributed by atoms with E-state index >= 15 is 0 Å². The second-order valence-corrected chi connectivity index (χ2v) is 5.14. The summed E-state index contributed by atoms with van der Waals surface area (Å²) in [6, 6.07) is 2.05. The van der Waals surface area contributed by atoms with Crippen molar-refractivity contribution in [3.63, 3.8) is 0 Å². The van der Waals surface area contributed by atoms with Crippen LogP contribution in [0.2, 0.25) is 0 Å². The molecule has 7 heteroatoms. The van der Waals surface area contributed by atoms with Gasteiger partial charge in [-0.15, -0.1) is 11.3 Å². The third kappa shape index (κ3) is 2.21. The molecular weight excluding hydrogens is 252 g/mol. The van der Waals surface area contributed by atoms with Crippen LogP contribution in [0.5, 0.6) is 0 Å². The zero-order valence-electron chi connectivity index (χ0n) is 10.5. The van der Waals surface area contributed by atoms with Gasteiger partial charge in [0.1, 0.15) is 0 Å². The standard InChI is InChI=1S/C11H14N4O2S/c1-8-4-5-18-9(8)6-13(2)11-10(15(16)17)12-7-14(11)3/h4-5,7H,6H2,1-3H3. The SMILES string of the molecule is Cc1ccsc1CN(C)c1c([N+](=O)[O-])ncn1C. The molecule has 0 spiro atoms. The van der Waals surface area contributed by atoms with Crippen molar-refractivity contribution < 1.29 is 4.92 Å². The molecule has 0 saturated heterocycles. The molecule has 0 N–H and O–H groups in total. The molecule has 18 heavy (non-hydrogen) atoms. The van der Waals surface area contributed by atoms with Crippen molar-refractivity contribution in [3.05, 3.63) is 38.3 Å². The normalized spacial score (nSPS) is 10.6. The first-order valence-corrected chi connectivity index (χ1v) is 6.28. The number of hydrogen-bond acceptors (Lipinski definition) is 5. The summed E-state index contributed by atoms with van der Waals surface area (Å²) >= 11 is 1.65. The van der Waals surface area contributed by atoms with E-state index in [0.29, 0.717) is 12.4 Å². The highest BCUT2D eigenvalue weighted by Crippen LogP contribution is 2.27. The topological polar surface area (TPSA) is 64.2 Å². The number of anilines is 1. The molecular formula is C11H14N4O2S. The molecule has 0 bridgehead atoms. The highest BCUT2D eigenvalue weighted by Gasteiger charge is 2.23. The van der Waals surface area contributed by atoms with E-state index in [1.807, 2.05) is 30.3 Å². The van der Waals surface area contributed by atoms with E-state index in [1.165, 1.54) is 16.8 Å². The molecule has 96 valence electrons. The second kappa shape index (κ2) is 4.77. The zero-order chi connectivity index (χ0) is 13.3. The summed E-state index contributed by atoms with van der Waals surface area (Å²) in [6.07, 6.45) is 1.46. The van der Waals surface area contributed by atoms with E-state index in [-0.39, 0.29) is 5.82 Å². The quantitative estimate of drug-likeness (QED) is 0.629. The third-order valence-corrected chi connectivity index (χ3v) is 3.78. The third-order valence-electron chi connectivity index (χ3n) is 2.77. The van der Waals surface area contributed by atoms with Gasteiger partial charge in [-0.05, 0) is 33.8 Å². The highest BCUT2D eigenvalue weighted by molar-refractivity contribution is 7.10. The predicted octanol–water partition coefficient (Wildman–Crippen LogP) is 2.33. The van der Waals surface area contributed by atoms with Crippen LogP contribution in [0.3, 0.4) is 0 Å². The van der Waals surface area contributed by atoms with Crippen molar-refractivity contribution in [1.29, 1.82) is 0 Å². The molecule has 0 unspecified atom stereocenters. The number of hydrogen-bond donors (Lipinski definition) is 0. The fourth-order valence-electron chi connectivity index (χ4n) is 1.84. The summed E-state index contributed by atoms with van der Waals surface area (Å²) < 4.78 is 1.67. The lowest BCUT2D eigenvalue weighted by Crippen LogP contribution is -2.19. The maximum absolute atomic E-state index is 10.9. The summed E-state index contributed by atoms with van der Waals surface area (Å²) in [7, 11) is 3.59. The number of aryl methyl sites for hydroxylation is 2. The van der Waals surface area contributed by atoms with Gasteiger partial charge >= 0.3 is 5.82 Å². The summed E-state index contributed by atoms with van der Waals surface area (Å²) in [6.45, 7) is 2.68. The molecule has 0 fully saturated rings. The Bertz CT molecular complexity index is 575. The molecule has 0 aliphatic rings. The van der Waals surface area contributed by atoms with Crippen LogP contribution in [-0.4, -0.2) is 21.5 Å². The van der Waals surface area contributed by atoms with Crippen LogP contribution in [0.1, 0.15) is 10.4 Å². The van der Waals surface area contributed by atoms with Crippen LogP contribution >= 0.6 is 11.3 Å². The lowest BCUT2D eigenvalue weighted by Gasteiger charge is -2.17. The molecule has 2 aromatic rings. The van der Waals surface area contributed by atoms with Gasteiger partial charge in [0.2, 0.25) is 12.1 Å². The molecule has 0 saturated carbocycles. The Hall–Kier alpha value is -1.89. The minimum atomic E-state index is -0.451. The van der Waals surface area contributed by atoms with Crippen LogP contribution in [-0.2, 0) is 13.6 Å². The fourth-order valence-corrected chi connectivity index (χ4v) is 2.80. The van der Waals surface area contributed by atoms with E-state index < -0.39 is 4.92 Å². The highest BCUT2D eigenvalue weighted by atomic mass is 32.1. The maximum atomic E-state index is 10.9. The molecule has 0 aliphatic carbocycles. The van der Waals surface area contributed by atoms with E-state index in [2.05, 4.69) is 4.98 Å². The molecule has 2 aromatic heterocycles. The first-order valence-electron chi connectivity index (χ1n) is 5.40. The van der Waals surface area contributed by atoms with Gasteiger partial charge in [0, 0.05) is 19.0 Å². The molecule has 2 rings (SSSR count). The fraction of sp³-hybridized carbons (Fsp3) is 0.364. The van der Waals surface area contributed by atoms with Gasteiger partial charge in [0.05, 0.1) is 6.54 Å². The Labute approximate surface area is 109 Å². The van der Waals surface area contributed by atoms with E-state index in [9.17, 15) is 10.1 Å². The Morgan fingerprint density at radius 2 is 2.33 bits per heavy atom. The van der Waals surface area contributed by atoms with Crippen molar-refractivity contribution in [1.82, 2.24) is 9.55 Å². The minimum Gasteiger partial charge on any atom is -0.358 e. The Balaban J connectivity index is 2.29. The zero-order valence-corrected chi connectivity index (χ0v) is 11.3. The Morgan fingerprint density at radius 3 is 2.89 bits per heavy atom. The Morgan fingerprint density at radius 1 is 1.61 bits per heavy atom. The number of nitrogens with zero attached hydrogens (tertiary/aromatic N) is 4.